The van der Waals surface area contributed by atoms with E-state index >= 15 is 0 Å². The molecule has 114 valence electrons. The van der Waals surface area contributed by atoms with E-state index in [9.17, 15) is 0 Å². The number of aliphatic hydroxyl groups excluding tert-OH is 1. The van der Waals surface area contributed by atoms with Crippen LogP contribution < -0.4 is 10.5 Å². The lowest BCUT2D eigenvalue weighted by molar-refractivity contribution is 0.279. The first-order valence-corrected chi connectivity index (χ1v) is 6.92. The van der Waals surface area contributed by atoms with E-state index in [1.807, 2.05) is 54.6 Å². The number of hydrogen-bond donors (Lipinski definition) is 2. The fourth-order valence-electron chi connectivity index (χ4n) is 2.05. The summed E-state index contributed by atoms with van der Waals surface area (Å²) in [5.74, 6) is 0.825. The van der Waals surface area contributed by atoms with Crippen molar-refractivity contribution >= 4 is 12.4 Å². The van der Waals surface area contributed by atoms with Crippen LogP contribution in [0.25, 0.3) is 0 Å². The molecule has 2 aromatic rings. The van der Waals surface area contributed by atoms with Crippen molar-refractivity contribution in [3.05, 3.63) is 65.7 Å². The predicted octanol–water partition coefficient (Wildman–Crippen LogP) is 3.46. The van der Waals surface area contributed by atoms with E-state index < -0.39 is 0 Å². The number of hydrogen-bond acceptors (Lipinski definition) is 3. The molecule has 3 N–H and O–H groups in total. The van der Waals surface area contributed by atoms with Crippen LogP contribution in [-0.2, 0) is 6.61 Å². The van der Waals surface area contributed by atoms with Gasteiger partial charge in [-0.25, -0.2) is 0 Å². The maximum atomic E-state index is 8.85. The lowest BCUT2D eigenvalue weighted by Crippen LogP contribution is -2.11. The third-order valence-electron chi connectivity index (χ3n) is 3.21. The molecular weight excluding hydrogens is 286 g/mol. The number of aliphatic hydroxyl groups is 1. The minimum absolute atomic E-state index is 0. The summed E-state index contributed by atoms with van der Waals surface area (Å²) >= 11 is 0. The molecule has 2 aromatic carbocycles. The Bertz CT molecular complexity index is 519. The van der Waals surface area contributed by atoms with E-state index in [2.05, 4.69) is 0 Å². The first kappa shape index (κ1) is 17.5. The molecule has 0 unspecified atom stereocenters. The summed E-state index contributed by atoms with van der Waals surface area (Å²) in [5.41, 5.74) is 8.28. The Morgan fingerprint density at radius 1 is 1.05 bits per heavy atom. The Hall–Kier alpha value is -1.55. The van der Waals surface area contributed by atoms with Gasteiger partial charge in [0.15, 0.2) is 0 Å². The fraction of sp³-hybridized carbons (Fsp3) is 0.294. The summed E-state index contributed by atoms with van der Waals surface area (Å²) in [6.07, 6.45) is 1.49. The molecule has 0 amide bonds. The predicted molar refractivity (Wildman–Crippen MR) is 87.7 cm³/mol. The molecular formula is C17H22ClNO2. The van der Waals surface area contributed by atoms with Gasteiger partial charge in [-0.15, -0.1) is 12.4 Å². The van der Waals surface area contributed by atoms with Crippen molar-refractivity contribution in [3.8, 4) is 5.75 Å². The molecule has 0 bridgehead atoms. The van der Waals surface area contributed by atoms with Crippen molar-refractivity contribution in [2.45, 2.75) is 25.5 Å². The second-order valence-corrected chi connectivity index (χ2v) is 4.82. The van der Waals surface area contributed by atoms with Gasteiger partial charge in [0.1, 0.15) is 12.4 Å². The molecule has 3 nitrogen and oxygen atoms in total. The Labute approximate surface area is 132 Å². The zero-order valence-electron chi connectivity index (χ0n) is 11.9. The van der Waals surface area contributed by atoms with Gasteiger partial charge in [0.2, 0.25) is 0 Å². The topological polar surface area (TPSA) is 55.5 Å². The van der Waals surface area contributed by atoms with Crippen LogP contribution in [0.3, 0.4) is 0 Å². The molecule has 0 spiro atoms. The van der Waals surface area contributed by atoms with Gasteiger partial charge >= 0.3 is 0 Å². The van der Waals surface area contributed by atoms with E-state index in [1.54, 1.807) is 0 Å². The highest BCUT2D eigenvalue weighted by Gasteiger charge is 2.06. The third kappa shape index (κ3) is 5.76. The van der Waals surface area contributed by atoms with Crippen LogP contribution >= 0.6 is 12.4 Å². The zero-order valence-corrected chi connectivity index (χ0v) is 12.8. The van der Waals surface area contributed by atoms with Gasteiger partial charge < -0.3 is 15.6 Å². The Kier molecular flexibility index (Phi) is 7.83. The lowest BCUT2D eigenvalue weighted by atomic mass is 10.0. The standard InChI is InChI=1S/C17H21NO2.ClH/c18-17(10-5-11-19)15-8-4-9-16(12-15)20-13-14-6-2-1-3-7-14;/h1-4,6-9,12,17,19H,5,10-11,13,18H2;1H/t17-;/m0./s1. The summed E-state index contributed by atoms with van der Waals surface area (Å²) in [4.78, 5) is 0. The van der Waals surface area contributed by atoms with E-state index in [0.717, 1.165) is 29.7 Å². The SMILES string of the molecule is Cl.N[C@@H](CCCO)c1cccc(OCc2ccccc2)c1. The maximum Gasteiger partial charge on any atom is 0.120 e. The maximum absolute atomic E-state index is 8.85. The molecule has 0 radical (unpaired) electrons. The second kappa shape index (κ2) is 9.40. The van der Waals surface area contributed by atoms with E-state index in [4.69, 9.17) is 15.6 Å². The average molecular weight is 308 g/mol. The van der Waals surface area contributed by atoms with Crippen LogP contribution in [0.1, 0.15) is 30.0 Å². The zero-order chi connectivity index (χ0) is 14.2. The van der Waals surface area contributed by atoms with Crippen molar-refractivity contribution < 1.29 is 9.84 Å². The van der Waals surface area contributed by atoms with Crippen LogP contribution in [-0.4, -0.2) is 11.7 Å². The summed E-state index contributed by atoms with van der Waals surface area (Å²) in [6, 6.07) is 17.9. The fourth-order valence-corrected chi connectivity index (χ4v) is 2.05. The van der Waals surface area contributed by atoms with Crippen molar-refractivity contribution in [1.82, 2.24) is 0 Å². The molecule has 0 fully saturated rings. The summed E-state index contributed by atoms with van der Waals surface area (Å²) in [5, 5.41) is 8.85. The minimum atomic E-state index is -0.0533. The van der Waals surface area contributed by atoms with Crippen LogP contribution in [0.5, 0.6) is 5.75 Å². The smallest absolute Gasteiger partial charge is 0.120 e. The van der Waals surface area contributed by atoms with Gasteiger partial charge in [0.25, 0.3) is 0 Å². The van der Waals surface area contributed by atoms with E-state index in [-0.39, 0.29) is 25.1 Å². The van der Waals surface area contributed by atoms with Crippen LogP contribution in [0.4, 0.5) is 0 Å². The molecule has 0 aliphatic heterocycles. The van der Waals surface area contributed by atoms with Crippen LogP contribution in [0, 0.1) is 0 Å². The Balaban J connectivity index is 0.00000220. The van der Waals surface area contributed by atoms with Crippen molar-refractivity contribution in [2.75, 3.05) is 6.61 Å². The summed E-state index contributed by atoms with van der Waals surface area (Å²) in [6.45, 7) is 0.730. The molecule has 0 aromatic heterocycles. The molecule has 0 saturated heterocycles. The lowest BCUT2D eigenvalue weighted by Gasteiger charge is -2.13. The largest absolute Gasteiger partial charge is 0.489 e. The molecule has 0 heterocycles. The Morgan fingerprint density at radius 3 is 2.52 bits per heavy atom. The highest BCUT2D eigenvalue weighted by molar-refractivity contribution is 5.85. The van der Waals surface area contributed by atoms with Crippen molar-refractivity contribution in [2.24, 2.45) is 5.73 Å². The van der Waals surface area contributed by atoms with E-state index in [1.165, 1.54) is 0 Å². The molecule has 21 heavy (non-hydrogen) atoms. The molecule has 0 aliphatic carbocycles. The molecule has 1 atom stereocenters. The number of nitrogens with two attached hydrogens (primary N) is 1. The van der Waals surface area contributed by atoms with Gasteiger partial charge in [-0.1, -0.05) is 42.5 Å². The number of benzene rings is 2. The van der Waals surface area contributed by atoms with Crippen molar-refractivity contribution in [3.63, 3.8) is 0 Å². The number of ether oxygens (including phenoxy) is 1. The van der Waals surface area contributed by atoms with Gasteiger partial charge in [0, 0.05) is 12.6 Å². The quantitative estimate of drug-likeness (QED) is 0.823. The van der Waals surface area contributed by atoms with Gasteiger partial charge in [-0.05, 0) is 36.1 Å². The molecule has 0 aliphatic rings. The van der Waals surface area contributed by atoms with Crippen LogP contribution in [0.2, 0.25) is 0 Å². The number of halogens is 1. The molecule has 4 heteroatoms. The number of rotatable bonds is 7. The van der Waals surface area contributed by atoms with Crippen LogP contribution in [0.15, 0.2) is 54.6 Å². The average Bonchev–Trinajstić information content (AvgIpc) is 2.52. The first-order chi connectivity index (χ1) is 9.79. The molecule has 0 saturated carbocycles. The highest BCUT2D eigenvalue weighted by atomic mass is 35.5. The first-order valence-electron chi connectivity index (χ1n) is 6.92. The second-order valence-electron chi connectivity index (χ2n) is 4.82. The van der Waals surface area contributed by atoms with Gasteiger partial charge in [-0.2, -0.15) is 0 Å². The Morgan fingerprint density at radius 2 is 1.81 bits per heavy atom. The van der Waals surface area contributed by atoms with Gasteiger partial charge in [-0.3, -0.25) is 0 Å². The molecule has 2 rings (SSSR count). The summed E-state index contributed by atoms with van der Waals surface area (Å²) in [7, 11) is 0. The highest BCUT2D eigenvalue weighted by Crippen LogP contribution is 2.21. The van der Waals surface area contributed by atoms with Gasteiger partial charge in [0.05, 0.1) is 0 Å². The normalized spacial score (nSPS) is 11.5. The summed E-state index contributed by atoms with van der Waals surface area (Å²) < 4.78 is 5.78. The monoisotopic (exact) mass is 307 g/mol. The minimum Gasteiger partial charge on any atom is -0.489 e. The van der Waals surface area contributed by atoms with E-state index in [0.29, 0.717) is 6.61 Å². The van der Waals surface area contributed by atoms with Crippen molar-refractivity contribution in [1.29, 1.82) is 0 Å². The third-order valence-corrected chi connectivity index (χ3v) is 3.21.